The summed E-state index contributed by atoms with van der Waals surface area (Å²) in [6.45, 7) is 5.94. The third kappa shape index (κ3) is 2.22. The summed E-state index contributed by atoms with van der Waals surface area (Å²) in [4.78, 5) is 15.9. The van der Waals surface area contributed by atoms with Crippen LogP contribution in [0.1, 0.15) is 19.5 Å². The third-order valence-electron chi connectivity index (χ3n) is 2.53. The molecule has 0 saturated carbocycles. The van der Waals surface area contributed by atoms with Crippen LogP contribution in [-0.2, 0) is 0 Å². The second-order valence-electron chi connectivity index (χ2n) is 3.61. The van der Waals surface area contributed by atoms with Crippen molar-refractivity contribution in [1.29, 1.82) is 0 Å². The first-order valence-electron chi connectivity index (χ1n) is 6.07. The van der Waals surface area contributed by atoms with Crippen molar-refractivity contribution in [2.24, 2.45) is 0 Å². The summed E-state index contributed by atoms with van der Waals surface area (Å²) in [6.07, 6.45) is 1.54. The fraction of sp³-hybridized carbons (Fsp3) is 0.214. The molecule has 18 heavy (non-hydrogen) atoms. The van der Waals surface area contributed by atoms with E-state index in [-0.39, 0.29) is 0 Å². The molecule has 0 atom stereocenters. The van der Waals surface area contributed by atoms with Crippen molar-refractivity contribution >= 4 is 11.2 Å². The van der Waals surface area contributed by atoms with E-state index in [1.54, 1.807) is 0 Å². The van der Waals surface area contributed by atoms with Gasteiger partial charge in [-0.25, -0.2) is 15.0 Å². The van der Waals surface area contributed by atoms with Gasteiger partial charge in [-0.3, -0.25) is 0 Å². The van der Waals surface area contributed by atoms with Gasteiger partial charge >= 0.3 is 0 Å². The molecule has 0 amide bonds. The van der Waals surface area contributed by atoms with E-state index in [0.29, 0.717) is 5.65 Å². The summed E-state index contributed by atoms with van der Waals surface area (Å²) in [6, 6.07) is 9.99. The summed E-state index contributed by atoms with van der Waals surface area (Å²) in [7, 11) is 0. The summed E-state index contributed by atoms with van der Waals surface area (Å²) in [5.74, 6) is 0.833. The average Bonchev–Trinajstić information content (AvgIpc) is 2.88. The van der Waals surface area contributed by atoms with Crippen LogP contribution in [0.25, 0.3) is 22.6 Å². The summed E-state index contributed by atoms with van der Waals surface area (Å²) in [5.41, 5.74) is 3.59. The number of nitrogens with zero attached hydrogens (tertiary/aromatic N) is 3. The molecule has 1 N–H and O–H groups in total. The number of aryl methyl sites for hydroxylation is 1. The minimum atomic E-state index is 0.714. The highest BCUT2D eigenvalue weighted by Gasteiger charge is 2.07. The number of aromatic amines is 1. The van der Waals surface area contributed by atoms with Crippen LogP contribution in [-0.4, -0.2) is 19.9 Å². The first-order valence-corrected chi connectivity index (χ1v) is 6.07. The number of imidazole rings is 1. The van der Waals surface area contributed by atoms with Crippen LogP contribution in [0.15, 0.2) is 36.7 Å². The Balaban J connectivity index is 0.000000574. The second kappa shape index (κ2) is 5.40. The molecule has 0 bridgehead atoms. The Morgan fingerprint density at radius 1 is 1.00 bits per heavy atom. The summed E-state index contributed by atoms with van der Waals surface area (Å²) < 4.78 is 0. The number of hydrogen-bond acceptors (Lipinski definition) is 3. The summed E-state index contributed by atoms with van der Waals surface area (Å²) in [5, 5.41) is 0. The van der Waals surface area contributed by atoms with Crippen molar-refractivity contribution in [2.75, 3.05) is 0 Å². The number of benzene rings is 1. The fourth-order valence-electron chi connectivity index (χ4n) is 1.68. The Labute approximate surface area is 106 Å². The monoisotopic (exact) mass is 240 g/mol. The standard InChI is InChI=1S/C12H10N4.C2H6/c1-8-10-12(14-7-13-8)16-11(15-10)9-5-3-2-4-6-9;1-2/h2-7H,1H3,(H,13,14,15,16);1-2H3. The van der Waals surface area contributed by atoms with Gasteiger partial charge in [0.2, 0.25) is 0 Å². The smallest absolute Gasteiger partial charge is 0.181 e. The largest absolute Gasteiger partial charge is 0.335 e. The van der Waals surface area contributed by atoms with Gasteiger partial charge in [0, 0.05) is 5.56 Å². The van der Waals surface area contributed by atoms with E-state index in [0.717, 1.165) is 22.6 Å². The van der Waals surface area contributed by atoms with Gasteiger partial charge in [0.1, 0.15) is 17.7 Å². The Bertz CT molecular complexity index is 629. The van der Waals surface area contributed by atoms with E-state index in [1.807, 2.05) is 51.1 Å². The summed E-state index contributed by atoms with van der Waals surface area (Å²) >= 11 is 0. The minimum absolute atomic E-state index is 0.714. The lowest BCUT2D eigenvalue weighted by molar-refractivity contribution is 1.14. The van der Waals surface area contributed by atoms with E-state index in [2.05, 4.69) is 19.9 Å². The quantitative estimate of drug-likeness (QED) is 0.709. The van der Waals surface area contributed by atoms with E-state index in [1.165, 1.54) is 6.33 Å². The zero-order valence-corrected chi connectivity index (χ0v) is 10.8. The average molecular weight is 240 g/mol. The van der Waals surface area contributed by atoms with Gasteiger partial charge in [0.25, 0.3) is 0 Å². The lowest BCUT2D eigenvalue weighted by Gasteiger charge is -1.93. The molecule has 0 aliphatic carbocycles. The van der Waals surface area contributed by atoms with Gasteiger partial charge in [0.05, 0.1) is 5.69 Å². The number of fused-ring (bicyclic) bond motifs is 1. The molecule has 4 nitrogen and oxygen atoms in total. The maximum atomic E-state index is 4.44. The predicted molar refractivity (Wildman–Crippen MR) is 73.2 cm³/mol. The fourth-order valence-corrected chi connectivity index (χ4v) is 1.68. The molecule has 0 unspecified atom stereocenters. The lowest BCUT2D eigenvalue weighted by atomic mass is 10.2. The molecule has 2 heterocycles. The third-order valence-corrected chi connectivity index (χ3v) is 2.53. The SMILES string of the molecule is CC.Cc1ncnc2nc(-c3ccccc3)[nH]c12. The Morgan fingerprint density at radius 2 is 1.72 bits per heavy atom. The van der Waals surface area contributed by atoms with Crippen LogP contribution in [0.5, 0.6) is 0 Å². The molecule has 4 heteroatoms. The topological polar surface area (TPSA) is 54.5 Å². The Morgan fingerprint density at radius 3 is 2.39 bits per heavy atom. The number of rotatable bonds is 1. The van der Waals surface area contributed by atoms with Crippen LogP contribution in [0.2, 0.25) is 0 Å². The van der Waals surface area contributed by atoms with Crippen LogP contribution in [0, 0.1) is 6.92 Å². The molecule has 0 fully saturated rings. The van der Waals surface area contributed by atoms with Crippen LogP contribution >= 0.6 is 0 Å². The van der Waals surface area contributed by atoms with Crippen LogP contribution < -0.4 is 0 Å². The van der Waals surface area contributed by atoms with Gasteiger partial charge in [-0.05, 0) is 6.92 Å². The molecule has 3 rings (SSSR count). The van der Waals surface area contributed by atoms with Gasteiger partial charge in [-0.15, -0.1) is 0 Å². The van der Waals surface area contributed by atoms with Crippen molar-refractivity contribution in [3.05, 3.63) is 42.4 Å². The molecule has 0 aliphatic heterocycles. The zero-order valence-electron chi connectivity index (χ0n) is 10.8. The molecule has 2 aromatic heterocycles. The van der Waals surface area contributed by atoms with Crippen molar-refractivity contribution < 1.29 is 0 Å². The number of aromatic nitrogens is 4. The van der Waals surface area contributed by atoms with E-state index < -0.39 is 0 Å². The van der Waals surface area contributed by atoms with Crippen molar-refractivity contribution in [3.63, 3.8) is 0 Å². The highest BCUT2D eigenvalue weighted by molar-refractivity contribution is 5.77. The van der Waals surface area contributed by atoms with Crippen LogP contribution in [0.4, 0.5) is 0 Å². The molecule has 0 radical (unpaired) electrons. The molecule has 1 aromatic carbocycles. The van der Waals surface area contributed by atoms with Gasteiger partial charge in [-0.1, -0.05) is 44.2 Å². The molecule has 0 saturated heterocycles. The highest BCUT2D eigenvalue weighted by atomic mass is 15.0. The van der Waals surface area contributed by atoms with Crippen molar-refractivity contribution in [3.8, 4) is 11.4 Å². The second-order valence-corrected chi connectivity index (χ2v) is 3.61. The normalized spacial score (nSPS) is 9.94. The minimum Gasteiger partial charge on any atom is -0.335 e. The van der Waals surface area contributed by atoms with Crippen molar-refractivity contribution in [1.82, 2.24) is 19.9 Å². The van der Waals surface area contributed by atoms with Crippen molar-refractivity contribution in [2.45, 2.75) is 20.8 Å². The first kappa shape index (κ1) is 12.2. The Hall–Kier alpha value is -2.23. The predicted octanol–water partition coefficient (Wildman–Crippen LogP) is 3.35. The highest BCUT2D eigenvalue weighted by Crippen LogP contribution is 2.19. The Kier molecular flexibility index (Phi) is 3.67. The van der Waals surface area contributed by atoms with E-state index in [4.69, 9.17) is 0 Å². The van der Waals surface area contributed by atoms with Gasteiger partial charge < -0.3 is 4.98 Å². The number of H-pyrrole nitrogens is 1. The maximum Gasteiger partial charge on any atom is 0.181 e. The number of hydrogen-bond donors (Lipinski definition) is 1. The lowest BCUT2D eigenvalue weighted by Crippen LogP contribution is -1.84. The maximum absolute atomic E-state index is 4.44. The van der Waals surface area contributed by atoms with E-state index in [9.17, 15) is 0 Å². The molecular weight excluding hydrogens is 224 g/mol. The first-order chi connectivity index (χ1) is 8.84. The molecule has 92 valence electrons. The van der Waals surface area contributed by atoms with Gasteiger partial charge in [0.15, 0.2) is 5.65 Å². The van der Waals surface area contributed by atoms with Gasteiger partial charge in [-0.2, -0.15) is 0 Å². The van der Waals surface area contributed by atoms with E-state index >= 15 is 0 Å². The molecule has 0 aliphatic rings. The number of nitrogens with one attached hydrogen (secondary N) is 1. The zero-order chi connectivity index (χ0) is 13.0. The molecule has 0 spiro atoms. The molecular formula is C14H16N4. The van der Waals surface area contributed by atoms with Crippen LogP contribution in [0.3, 0.4) is 0 Å². The molecule has 3 aromatic rings.